The van der Waals surface area contributed by atoms with Gasteiger partial charge in [0.2, 0.25) is 5.91 Å². The van der Waals surface area contributed by atoms with Crippen LogP contribution in [0.2, 0.25) is 0 Å². The molecule has 0 aliphatic carbocycles. The Kier molecular flexibility index (Phi) is 9.98. The van der Waals surface area contributed by atoms with Gasteiger partial charge in [0, 0.05) is 39.1 Å². The third-order valence-electron chi connectivity index (χ3n) is 3.61. The van der Waals surface area contributed by atoms with Crippen molar-refractivity contribution in [2.24, 2.45) is 22.7 Å². The number of likely N-dealkylation sites (tertiary alicyclic amines) is 1. The molecule has 1 aliphatic rings. The van der Waals surface area contributed by atoms with Crippen LogP contribution in [0.15, 0.2) is 4.99 Å². The van der Waals surface area contributed by atoms with Crippen LogP contribution < -0.4 is 10.6 Å². The first kappa shape index (κ1) is 20.5. The van der Waals surface area contributed by atoms with Gasteiger partial charge in [-0.25, -0.2) is 0 Å². The summed E-state index contributed by atoms with van der Waals surface area (Å²) < 4.78 is 0. The normalized spacial score (nSPS) is 22.8. The average Bonchev–Trinajstić information content (AvgIpc) is 2.37. The average molecular weight is 410 g/mol. The minimum Gasteiger partial charge on any atom is -0.354 e. The minimum atomic E-state index is 0. The lowest BCUT2D eigenvalue weighted by molar-refractivity contribution is -0.123. The highest BCUT2D eigenvalue weighted by molar-refractivity contribution is 14.0. The Labute approximate surface area is 146 Å². The Morgan fingerprint density at radius 1 is 1.19 bits per heavy atom. The number of hydrogen-bond donors (Lipinski definition) is 2. The Balaban J connectivity index is 0.00000400. The molecule has 0 radical (unpaired) electrons. The first-order valence-corrected chi connectivity index (χ1v) is 7.67. The zero-order chi connectivity index (χ0) is 15.1. The fourth-order valence-electron chi connectivity index (χ4n) is 2.73. The van der Waals surface area contributed by atoms with E-state index in [4.69, 9.17) is 0 Å². The van der Waals surface area contributed by atoms with Crippen molar-refractivity contribution in [2.45, 2.75) is 34.1 Å². The summed E-state index contributed by atoms with van der Waals surface area (Å²) in [6.07, 6.45) is 1.29. The molecule has 2 N–H and O–H groups in total. The monoisotopic (exact) mass is 410 g/mol. The van der Waals surface area contributed by atoms with Gasteiger partial charge in [-0.15, -0.1) is 24.0 Å². The number of aliphatic imine (C=N–C) groups is 1. The predicted molar refractivity (Wildman–Crippen MR) is 99.1 cm³/mol. The SMILES string of the molecule is CN=C(NCCNC(=O)C(C)C)N1CC(C)CC(C)C1.I. The first-order valence-electron chi connectivity index (χ1n) is 7.67. The van der Waals surface area contributed by atoms with E-state index >= 15 is 0 Å². The smallest absolute Gasteiger partial charge is 0.222 e. The maximum atomic E-state index is 11.5. The number of halogens is 1. The van der Waals surface area contributed by atoms with E-state index in [1.54, 1.807) is 0 Å². The number of piperidine rings is 1. The molecule has 0 aromatic heterocycles. The molecule has 21 heavy (non-hydrogen) atoms. The van der Waals surface area contributed by atoms with Crippen LogP contribution in [0.3, 0.4) is 0 Å². The second-order valence-electron chi connectivity index (χ2n) is 6.27. The van der Waals surface area contributed by atoms with Crippen LogP contribution in [0.5, 0.6) is 0 Å². The molecule has 0 aromatic rings. The van der Waals surface area contributed by atoms with Gasteiger partial charge in [0.15, 0.2) is 5.96 Å². The molecule has 2 unspecified atom stereocenters. The second kappa shape index (κ2) is 10.2. The fourth-order valence-corrected chi connectivity index (χ4v) is 2.73. The zero-order valence-corrected chi connectivity index (χ0v) is 16.3. The number of rotatable bonds is 4. The van der Waals surface area contributed by atoms with Gasteiger partial charge >= 0.3 is 0 Å². The summed E-state index contributed by atoms with van der Waals surface area (Å²) in [6, 6.07) is 0. The van der Waals surface area contributed by atoms with Crippen molar-refractivity contribution in [1.82, 2.24) is 15.5 Å². The van der Waals surface area contributed by atoms with Crippen molar-refractivity contribution in [3.8, 4) is 0 Å². The molecule has 2 atom stereocenters. The summed E-state index contributed by atoms with van der Waals surface area (Å²) in [6.45, 7) is 11.8. The minimum absolute atomic E-state index is 0. The molecule has 1 heterocycles. The summed E-state index contributed by atoms with van der Waals surface area (Å²) in [5.74, 6) is 2.50. The Morgan fingerprint density at radius 2 is 1.71 bits per heavy atom. The van der Waals surface area contributed by atoms with Crippen LogP contribution in [-0.4, -0.2) is 50.0 Å². The van der Waals surface area contributed by atoms with Crippen LogP contribution in [0, 0.1) is 17.8 Å². The van der Waals surface area contributed by atoms with Crippen LogP contribution in [0.4, 0.5) is 0 Å². The molecule has 1 fully saturated rings. The third kappa shape index (κ3) is 7.33. The van der Waals surface area contributed by atoms with E-state index < -0.39 is 0 Å². The van der Waals surface area contributed by atoms with Gasteiger partial charge in [0.1, 0.15) is 0 Å². The molecule has 1 aliphatic heterocycles. The van der Waals surface area contributed by atoms with Gasteiger partial charge in [-0.2, -0.15) is 0 Å². The van der Waals surface area contributed by atoms with E-state index in [9.17, 15) is 4.79 Å². The van der Waals surface area contributed by atoms with Crippen molar-refractivity contribution in [3.63, 3.8) is 0 Å². The van der Waals surface area contributed by atoms with Gasteiger partial charge in [-0.05, 0) is 18.3 Å². The molecular weight excluding hydrogens is 379 g/mol. The second-order valence-corrected chi connectivity index (χ2v) is 6.27. The number of hydrogen-bond acceptors (Lipinski definition) is 2. The largest absolute Gasteiger partial charge is 0.354 e. The van der Waals surface area contributed by atoms with Crippen molar-refractivity contribution in [1.29, 1.82) is 0 Å². The molecule has 1 saturated heterocycles. The van der Waals surface area contributed by atoms with Crippen molar-refractivity contribution < 1.29 is 4.79 Å². The van der Waals surface area contributed by atoms with Crippen molar-refractivity contribution >= 4 is 35.8 Å². The lowest BCUT2D eigenvalue weighted by Crippen LogP contribution is -2.49. The summed E-state index contributed by atoms with van der Waals surface area (Å²) in [4.78, 5) is 18.1. The number of nitrogens with one attached hydrogen (secondary N) is 2. The van der Waals surface area contributed by atoms with Crippen LogP contribution in [0.1, 0.15) is 34.1 Å². The molecular formula is C15H31IN4O. The number of carbonyl (C=O) groups excluding carboxylic acids is 1. The van der Waals surface area contributed by atoms with Crippen LogP contribution in [-0.2, 0) is 4.79 Å². The molecule has 0 bridgehead atoms. The zero-order valence-electron chi connectivity index (χ0n) is 14.0. The lowest BCUT2D eigenvalue weighted by Gasteiger charge is -2.37. The maximum absolute atomic E-state index is 11.5. The summed E-state index contributed by atoms with van der Waals surface area (Å²) >= 11 is 0. The molecule has 6 heteroatoms. The highest BCUT2D eigenvalue weighted by Gasteiger charge is 2.23. The van der Waals surface area contributed by atoms with E-state index in [-0.39, 0.29) is 35.8 Å². The fraction of sp³-hybridized carbons (Fsp3) is 0.867. The highest BCUT2D eigenvalue weighted by atomic mass is 127. The van der Waals surface area contributed by atoms with Crippen molar-refractivity contribution in [3.05, 3.63) is 0 Å². The lowest BCUT2D eigenvalue weighted by atomic mass is 9.92. The van der Waals surface area contributed by atoms with Crippen LogP contribution in [0.25, 0.3) is 0 Å². The highest BCUT2D eigenvalue weighted by Crippen LogP contribution is 2.20. The van der Waals surface area contributed by atoms with Gasteiger partial charge in [0.25, 0.3) is 0 Å². The molecule has 124 valence electrons. The summed E-state index contributed by atoms with van der Waals surface area (Å²) in [7, 11) is 1.82. The number of amides is 1. The molecule has 0 aromatic carbocycles. The Bertz CT molecular complexity index is 337. The quantitative estimate of drug-likeness (QED) is 0.322. The number of guanidine groups is 1. The first-order chi connectivity index (χ1) is 9.43. The molecule has 1 rings (SSSR count). The molecule has 1 amide bonds. The summed E-state index contributed by atoms with van der Waals surface area (Å²) in [5, 5.41) is 6.24. The number of nitrogens with zero attached hydrogens (tertiary/aromatic N) is 2. The molecule has 0 saturated carbocycles. The van der Waals surface area contributed by atoms with Crippen LogP contribution >= 0.6 is 24.0 Å². The molecule has 0 spiro atoms. The maximum Gasteiger partial charge on any atom is 0.222 e. The van der Waals surface area contributed by atoms with Gasteiger partial charge in [-0.1, -0.05) is 27.7 Å². The van der Waals surface area contributed by atoms with Gasteiger partial charge in [-0.3, -0.25) is 9.79 Å². The predicted octanol–water partition coefficient (Wildman–Crippen LogP) is 1.93. The van der Waals surface area contributed by atoms with E-state index in [0.717, 1.165) is 19.0 Å². The third-order valence-corrected chi connectivity index (χ3v) is 3.61. The number of carbonyl (C=O) groups is 1. The summed E-state index contributed by atoms with van der Waals surface area (Å²) in [5.41, 5.74) is 0. The van der Waals surface area contributed by atoms with E-state index in [2.05, 4.69) is 34.4 Å². The van der Waals surface area contributed by atoms with E-state index in [0.29, 0.717) is 24.9 Å². The van der Waals surface area contributed by atoms with Gasteiger partial charge in [0.05, 0.1) is 0 Å². The standard InChI is InChI=1S/C15H30N4O.HI/c1-11(2)14(20)17-6-7-18-15(16-5)19-9-12(3)8-13(4)10-19;/h11-13H,6-10H2,1-5H3,(H,16,18)(H,17,20);1H. The van der Waals surface area contributed by atoms with E-state index in [1.165, 1.54) is 6.42 Å². The Hall–Kier alpha value is -0.530. The topological polar surface area (TPSA) is 56.7 Å². The van der Waals surface area contributed by atoms with E-state index in [1.807, 2.05) is 20.9 Å². The molecule has 5 nitrogen and oxygen atoms in total. The Morgan fingerprint density at radius 3 is 2.19 bits per heavy atom. The van der Waals surface area contributed by atoms with Crippen molar-refractivity contribution in [2.75, 3.05) is 33.2 Å². The van der Waals surface area contributed by atoms with Gasteiger partial charge < -0.3 is 15.5 Å².